The first-order valence-electron chi connectivity index (χ1n) is 10.1. The van der Waals surface area contributed by atoms with Gasteiger partial charge >= 0.3 is 0 Å². The first-order valence-corrected chi connectivity index (χ1v) is 10.1. The van der Waals surface area contributed by atoms with Crippen molar-refractivity contribution in [3.05, 3.63) is 60.1 Å². The smallest absolute Gasteiger partial charge is 0.257 e. The summed E-state index contributed by atoms with van der Waals surface area (Å²) in [6.45, 7) is 6.21. The normalized spacial score (nSPS) is 12.2. The van der Waals surface area contributed by atoms with Gasteiger partial charge in [0.2, 0.25) is 0 Å². The summed E-state index contributed by atoms with van der Waals surface area (Å²) in [5.41, 5.74) is 3.26. The third-order valence-electron chi connectivity index (χ3n) is 4.69. The van der Waals surface area contributed by atoms with Crippen molar-refractivity contribution in [3.8, 4) is 0 Å². The lowest BCUT2D eigenvalue weighted by Gasteiger charge is -2.27. The number of carbonyl (C=O) groups is 2. The molecule has 0 fully saturated rings. The number of hydrazone groups is 1. The highest BCUT2D eigenvalue weighted by molar-refractivity contribution is 5.94. The van der Waals surface area contributed by atoms with Gasteiger partial charge in [-0.1, -0.05) is 32.0 Å². The van der Waals surface area contributed by atoms with Crippen LogP contribution >= 0.6 is 0 Å². The number of nitrogens with zero attached hydrogens (tertiary/aromatic N) is 2. The number of rotatable bonds is 12. The molecule has 0 aliphatic heterocycles. The lowest BCUT2D eigenvalue weighted by molar-refractivity contribution is -0.126. The number of likely N-dealkylation sites (N-methyl/N-ethyl adjacent to an activating group) is 1. The maximum absolute atomic E-state index is 12.6. The van der Waals surface area contributed by atoms with E-state index in [2.05, 4.69) is 20.7 Å². The van der Waals surface area contributed by atoms with Gasteiger partial charge < -0.3 is 9.73 Å². The molecule has 7 heteroatoms. The first kappa shape index (κ1) is 22.4. The molecule has 0 saturated heterocycles. The van der Waals surface area contributed by atoms with E-state index >= 15 is 0 Å². The second-order valence-electron chi connectivity index (χ2n) is 6.60. The van der Waals surface area contributed by atoms with Crippen molar-refractivity contribution in [2.24, 2.45) is 5.10 Å². The molecule has 0 saturated carbocycles. The van der Waals surface area contributed by atoms with Gasteiger partial charge in [0.25, 0.3) is 11.8 Å². The minimum atomic E-state index is -0.261. The molecule has 1 aromatic heterocycles. The SMILES string of the molecule is CCN(CC)[C@@H](CCCCNC(=O)c1ccccc1)C(=O)N/N=C/c1ccco1. The molecule has 2 amide bonds. The van der Waals surface area contributed by atoms with Crippen LogP contribution in [0.2, 0.25) is 0 Å². The number of furan rings is 1. The molecule has 0 bridgehead atoms. The van der Waals surface area contributed by atoms with Gasteiger partial charge in [0.05, 0.1) is 18.5 Å². The zero-order valence-corrected chi connectivity index (χ0v) is 17.1. The molecule has 29 heavy (non-hydrogen) atoms. The van der Waals surface area contributed by atoms with Gasteiger partial charge in [-0.25, -0.2) is 5.43 Å². The van der Waals surface area contributed by atoms with Gasteiger partial charge in [0.15, 0.2) is 0 Å². The largest absolute Gasteiger partial charge is 0.463 e. The van der Waals surface area contributed by atoms with Crippen LogP contribution in [0.1, 0.15) is 49.2 Å². The van der Waals surface area contributed by atoms with Crippen LogP contribution in [0.4, 0.5) is 0 Å². The number of benzene rings is 1. The van der Waals surface area contributed by atoms with E-state index in [1.165, 1.54) is 6.21 Å². The Balaban J connectivity index is 1.78. The van der Waals surface area contributed by atoms with Crippen LogP contribution in [-0.2, 0) is 4.79 Å². The highest BCUT2D eigenvalue weighted by Crippen LogP contribution is 2.10. The quantitative estimate of drug-likeness (QED) is 0.327. The average molecular weight is 399 g/mol. The van der Waals surface area contributed by atoms with Crippen LogP contribution in [0.3, 0.4) is 0 Å². The summed E-state index contributed by atoms with van der Waals surface area (Å²) >= 11 is 0. The van der Waals surface area contributed by atoms with Gasteiger partial charge in [-0.15, -0.1) is 0 Å². The van der Waals surface area contributed by atoms with E-state index in [1.54, 1.807) is 30.5 Å². The molecule has 0 aliphatic rings. The summed E-state index contributed by atoms with van der Waals surface area (Å²) in [6.07, 6.45) is 5.37. The monoisotopic (exact) mass is 398 g/mol. The van der Waals surface area contributed by atoms with E-state index in [0.29, 0.717) is 24.3 Å². The number of hydrogen-bond donors (Lipinski definition) is 2. The van der Waals surface area contributed by atoms with Crippen molar-refractivity contribution in [2.75, 3.05) is 19.6 Å². The number of unbranched alkanes of at least 4 members (excludes halogenated alkanes) is 1. The van der Waals surface area contributed by atoms with Gasteiger partial charge in [-0.3, -0.25) is 14.5 Å². The fourth-order valence-electron chi connectivity index (χ4n) is 3.10. The van der Waals surface area contributed by atoms with Crippen LogP contribution in [0, 0.1) is 0 Å². The molecule has 156 valence electrons. The van der Waals surface area contributed by atoms with Crippen LogP contribution in [0.25, 0.3) is 0 Å². The molecule has 2 rings (SSSR count). The van der Waals surface area contributed by atoms with Gasteiger partial charge in [-0.2, -0.15) is 5.10 Å². The average Bonchev–Trinajstić information content (AvgIpc) is 3.26. The van der Waals surface area contributed by atoms with Gasteiger partial charge in [0.1, 0.15) is 5.76 Å². The molecule has 1 aromatic carbocycles. The fraction of sp³-hybridized carbons (Fsp3) is 0.409. The standard InChI is InChI=1S/C22H30N4O3/c1-3-26(4-2)20(22(28)25-24-17-19-13-10-16-29-19)14-8-9-15-23-21(27)18-11-6-5-7-12-18/h5-7,10-13,16-17,20H,3-4,8-9,14-15H2,1-2H3,(H,23,27)(H,25,28)/b24-17+/t20-/m0/s1. The Hall–Kier alpha value is -2.93. The first-order chi connectivity index (χ1) is 14.2. The van der Waals surface area contributed by atoms with E-state index in [1.807, 2.05) is 32.0 Å². The van der Waals surface area contributed by atoms with Crippen molar-refractivity contribution in [1.29, 1.82) is 0 Å². The topological polar surface area (TPSA) is 86.9 Å². The summed E-state index contributed by atoms with van der Waals surface area (Å²) in [5, 5.41) is 6.91. The van der Waals surface area contributed by atoms with Crippen LogP contribution < -0.4 is 10.7 Å². The second kappa shape index (κ2) is 12.5. The van der Waals surface area contributed by atoms with E-state index < -0.39 is 0 Å². The molecule has 2 aromatic rings. The highest BCUT2D eigenvalue weighted by atomic mass is 16.3. The molecular formula is C22H30N4O3. The number of carbonyl (C=O) groups excluding carboxylic acids is 2. The summed E-state index contributed by atoms with van der Waals surface area (Å²) < 4.78 is 5.16. The van der Waals surface area contributed by atoms with Crippen LogP contribution in [0.15, 0.2) is 58.2 Å². The van der Waals surface area contributed by atoms with Crippen molar-refractivity contribution in [3.63, 3.8) is 0 Å². The Morgan fingerprint density at radius 1 is 1.10 bits per heavy atom. The molecule has 2 N–H and O–H groups in total. The predicted octanol–water partition coefficient (Wildman–Crippen LogP) is 3.04. The summed E-state index contributed by atoms with van der Waals surface area (Å²) in [4.78, 5) is 26.8. The van der Waals surface area contributed by atoms with Crippen molar-refractivity contribution >= 4 is 18.0 Å². The molecule has 1 heterocycles. The molecule has 7 nitrogen and oxygen atoms in total. The lowest BCUT2D eigenvalue weighted by atomic mass is 10.1. The van der Waals surface area contributed by atoms with E-state index in [-0.39, 0.29) is 17.9 Å². The van der Waals surface area contributed by atoms with Crippen LogP contribution in [-0.4, -0.2) is 48.6 Å². The van der Waals surface area contributed by atoms with E-state index in [9.17, 15) is 9.59 Å². The zero-order valence-electron chi connectivity index (χ0n) is 17.1. The summed E-state index contributed by atoms with van der Waals surface area (Å²) in [6, 6.07) is 12.4. The minimum absolute atomic E-state index is 0.0732. The number of amides is 2. The predicted molar refractivity (Wildman–Crippen MR) is 114 cm³/mol. The van der Waals surface area contributed by atoms with Crippen molar-refractivity contribution in [2.45, 2.75) is 39.2 Å². The maximum atomic E-state index is 12.6. The number of nitrogens with one attached hydrogen (secondary N) is 2. The molecule has 0 aliphatic carbocycles. The summed E-state index contributed by atoms with van der Waals surface area (Å²) in [5.74, 6) is 0.375. The maximum Gasteiger partial charge on any atom is 0.257 e. The Bertz CT molecular complexity index is 756. The molecular weight excluding hydrogens is 368 g/mol. The van der Waals surface area contributed by atoms with Crippen molar-refractivity contribution < 1.29 is 14.0 Å². The van der Waals surface area contributed by atoms with Gasteiger partial charge in [-0.05, 0) is 56.6 Å². The van der Waals surface area contributed by atoms with E-state index in [4.69, 9.17) is 4.42 Å². The Kier molecular flexibility index (Phi) is 9.65. The Labute approximate surface area is 172 Å². The second-order valence-corrected chi connectivity index (χ2v) is 6.60. The molecule has 1 atom stereocenters. The Morgan fingerprint density at radius 2 is 1.86 bits per heavy atom. The fourth-order valence-corrected chi connectivity index (χ4v) is 3.10. The lowest BCUT2D eigenvalue weighted by Crippen LogP contribution is -2.45. The molecule has 0 radical (unpaired) electrons. The Morgan fingerprint density at radius 3 is 2.52 bits per heavy atom. The third-order valence-corrected chi connectivity index (χ3v) is 4.69. The van der Waals surface area contributed by atoms with E-state index in [0.717, 1.165) is 25.9 Å². The minimum Gasteiger partial charge on any atom is -0.463 e. The van der Waals surface area contributed by atoms with Gasteiger partial charge in [0, 0.05) is 12.1 Å². The highest BCUT2D eigenvalue weighted by Gasteiger charge is 2.23. The molecule has 0 spiro atoms. The number of hydrogen-bond acceptors (Lipinski definition) is 5. The van der Waals surface area contributed by atoms with Crippen molar-refractivity contribution in [1.82, 2.24) is 15.6 Å². The summed E-state index contributed by atoms with van der Waals surface area (Å²) in [7, 11) is 0. The van der Waals surface area contributed by atoms with Crippen LogP contribution in [0.5, 0.6) is 0 Å². The third kappa shape index (κ3) is 7.54. The molecule has 0 unspecified atom stereocenters. The zero-order chi connectivity index (χ0) is 20.9.